The minimum absolute atomic E-state index is 0.00208. The predicted molar refractivity (Wildman–Crippen MR) is 76.8 cm³/mol. The summed E-state index contributed by atoms with van der Waals surface area (Å²) in [5.41, 5.74) is 1.73. The van der Waals surface area contributed by atoms with Gasteiger partial charge in [0.25, 0.3) is 0 Å². The summed E-state index contributed by atoms with van der Waals surface area (Å²) in [6.45, 7) is 0. The maximum atomic E-state index is 14.2. The van der Waals surface area contributed by atoms with Crippen LogP contribution in [0.15, 0.2) is 18.2 Å². The first-order valence-electron chi connectivity index (χ1n) is 6.88. The van der Waals surface area contributed by atoms with Crippen molar-refractivity contribution in [3.63, 3.8) is 0 Å². The number of aromatic carboxylic acids is 1. The molecular formula is C15H14ClFN2O2. The molecule has 0 spiro atoms. The molecule has 1 N–H and O–H groups in total. The Morgan fingerprint density at radius 2 is 2.05 bits per heavy atom. The van der Waals surface area contributed by atoms with Gasteiger partial charge in [-0.15, -0.1) is 0 Å². The van der Waals surface area contributed by atoms with Gasteiger partial charge in [-0.2, -0.15) is 5.10 Å². The van der Waals surface area contributed by atoms with Gasteiger partial charge in [0.15, 0.2) is 11.5 Å². The lowest BCUT2D eigenvalue weighted by Crippen LogP contribution is -2.06. The fourth-order valence-corrected chi connectivity index (χ4v) is 2.97. The second kappa shape index (κ2) is 5.48. The summed E-state index contributed by atoms with van der Waals surface area (Å²) >= 11 is 5.82. The molecule has 1 aromatic carbocycles. The van der Waals surface area contributed by atoms with Crippen LogP contribution in [0.2, 0.25) is 5.02 Å². The highest BCUT2D eigenvalue weighted by molar-refractivity contribution is 6.30. The van der Waals surface area contributed by atoms with Crippen molar-refractivity contribution < 1.29 is 14.3 Å². The molecule has 6 heteroatoms. The molecule has 0 amide bonds. The van der Waals surface area contributed by atoms with Crippen LogP contribution in [0.25, 0.3) is 5.69 Å². The number of carbonyl (C=O) groups is 1. The molecule has 0 bridgehead atoms. The Balaban J connectivity index is 2.23. The lowest BCUT2D eigenvalue weighted by molar-refractivity contribution is 0.0688. The smallest absolute Gasteiger partial charge is 0.356 e. The number of benzene rings is 1. The summed E-state index contributed by atoms with van der Waals surface area (Å²) in [5.74, 6) is -1.65. The average molecular weight is 309 g/mol. The number of carboxylic acid groups (broad SMARTS) is 1. The van der Waals surface area contributed by atoms with Gasteiger partial charge >= 0.3 is 5.97 Å². The fraction of sp³-hybridized carbons (Fsp3) is 0.333. The SMILES string of the molecule is O=C(O)c1nn(-c2cccc(Cl)c2F)c2c1CCCCC2. The summed E-state index contributed by atoms with van der Waals surface area (Å²) in [6, 6.07) is 4.65. The quantitative estimate of drug-likeness (QED) is 0.862. The third kappa shape index (κ3) is 2.42. The van der Waals surface area contributed by atoms with Crippen LogP contribution in [-0.4, -0.2) is 20.9 Å². The highest BCUT2D eigenvalue weighted by Gasteiger charge is 2.25. The van der Waals surface area contributed by atoms with Crippen LogP contribution in [0.5, 0.6) is 0 Å². The second-order valence-electron chi connectivity index (χ2n) is 5.12. The van der Waals surface area contributed by atoms with Gasteiger partial charge in [-0.3, -0.25) is 0 Å². The first kappa shape index (κ1) is 14.1. The number of aromatic nitrogens is 2. The van der Waals surface area contributed by atoms with Crippen molar-refractivity contribution in [2.45, 2.75) is 32.1 Å². The number of fused-ring (bicyclic) bond motifs is 1. The molecule has 0 atom stereocenters. The summed E-state index contributed by atoms with van der Waals surface area (Å²) in [7, 11) is 0. The van der Waals surface area contributed by atoms with E-state index in [4.69, 9.17) is 11.6 Å². The van der Waals surface area contributed by atoms with E-state index in [1.165, 1.54) is 10.7 Å². The Bertz CT molecular complexity index is 712. The minimum Gasteiger partial charge on any atom is -0.476 e. The standard InChI is InChI=1S/C15H14ClFN2O2/c16-10-6-4-8-12(13(10)17)19-11-7-3-1-2-5-9(11)14(18-19)15(20)21/h4,6,8H,1-3,5,7H2,(H,20,21). The average Bonchev–Trinajstić information content (AvgIpc) is 2.65. The molecule has 0 saturated carbocycles. The summed E-state index contributed by atoms with van der Waals surface area (Å²) < 4.78 is 15.6. The van der Waals surface area contributed by atoms with Crippen LogP contribution in [0.4, 0.5) is 4.39 Å². The van der Waals surface area contributed by atoms with Crippen molar-refractivity contribution in [3.8, 4) is 5.69 Å². The second-order valence-corrected chi connectivity index (χ2v) is 5.53. The van der Waals surface area contributed by atoms with Gasteiger partial charge < -0.3 is 5.11 Å². The van der Waals surface area contributed by atoms with Gasteiger partial charge in [0, 0.05) is 11.3 Å². The molecular weight excluding hydrogens is 295 g/mol. The lowest BCUT2D eigenvalue weighted by atomic mass is 10.1. The van der Waals surface area contributed by atoms with Gasteiger partial charge in [0.05, 0.1) is 5.02 Å². The number of carboxylic acids is 1. The van der Waals surface area contributed by atoms with Crippen molar-refractivity contribution in [1.29, 1.82) is 0 Å². The molecule has 0 aliphatic heterocycles. The summed E-state index contributed by atoms with van der Waals surface area (Å²) in [6.07, 6.45) is 4.27. The molecule has 110 valence electrons. The molecule has 0 radical (unpaired) electrons. The monoisotopic (exact) mass is 308 g/mol. The van der Waals surface area contributed by atoms with E-state index in [1.807, 2.05) is 0 Å². The Morgan fingerprint density at radius 3 is 2.81 bits per heavy atom. The highest BCUT2D eigenvalue weighted by Crippen LogP contribution is 2.29. The van der Waals surface area contributed by atoms with E-state index >= 15 is 0 Å². The molecule has 1 heterocycles. The van der Waals surface area contributed by atoms with E-state index in [9.17, 15) is 14.3 Å². The number of hydrogen-bond acceptors (Lipinski definition) is 2. The number of rotatable bonds is 2. The Labute approximate surface area is 126 Å². The van der Waals surface area contributed by atoms with Crippen LogP contribution in [-0.2, 0) is 12.8 Å². The summed E-state index contributed by atoms with van der Waals surface area (Å²) in [5, 5.41) is 13.4. The maximum absolute atomic E-state index is 14.2. The van der Waals surface area contributed by atoms with Gasteiger partial charge in [0.2, 0.25) is 0 Å². The highest BCUT2D eigenvalue weighted by atomic mass is 35.5. The van der Waals surface area contributed by atoms with E-state index < -0.39 is 11.8 Å². The van der Waals surface area contributed by atoms with Gasteiger partial charge in [-0.1, -0.05) is 24.1 Å². The Kier molecular flexibility index (Phi) is 3.68. The molecule has 0 fully saturated rings. The normalized spacial score (nSPS) is 14.6. The van der Waals surface area contributed by atoms with Crippen LogP contribution < -0.4 is 0 Å². The summed E-state index contributed by atoms with van der Waals surface area (Å²) in [4.78, 5) is 11.4. The van der Waals surface area contributed by atoms with E-state index in [0.717, 1.165) is 30.5 Å². The van der Waals surface area contributed by atoms with Gasteiger partial charge in [-0.25, -0.2) is 13.9 Å². The predicted octanol–water partition coefficient (Wildman–Crippen LogP) is 3.63. The van der Waals surface area contributed by atoms with Gasteiger partial charge in [0.1, 0.15) is 5.69 Å². The van der Waals surface area contributed by atoms with Crippen molar-refractivity contribution in [3.05, 3.63) is 46.0 Å². The molecule has 3 rings (SSSR count). The number of hydrogen-bond donors (Lipinski definition) is 1. The maximum Gasteiger partial charge on any atom is 0.356 e. The molecule has 21 heavy (non-hydrogen) atoms. The molecule has 0 saturated heterocycles. The fourth-order valence-electron chi connectivity index (χ4n) is 2.80. The molecule has 2 aromatic rings. The first-order valence-corrected chi connectivity index (χ1v) is 7.26. The largest absolute Gasteiger partial charge is 0.476 e. The third-order valence-electron chi connectivity index (χ3n) is 3.79. The topological polar surface area (TPSA) is 55.1 Å². The van der Waals surface area contributed by atoms with Gasteiger partial charge in [-0.05, 0) is 37.8 Å². The first-order chi connectivity index (χ1) is 10.1. The van der Waals surface area contributed by atoms with E-state index in [0.29, 0.717) is 12.8 Å². The minimum atomic E-state index is -1.07. The van der Waals surface area contributed by atoms with Crippen molar-refractivity contribution in [2.75, 3.05) is 0 Å². The Hall–Kier alpha value is -1.88. The molecule has 1 aliphatic rings. The Morgan fingerprint density at radius 1 is 1.29 bits per heavy atom. The zero-order valence-corrected chi connectivity index (χ0v) is 12.0. The van der Waals surface area contributed by atoms with Crippen molar-refractivity contribution in [1.82, 2.24) is 9.78 Å². The van der Waals surface area contributed by atoms with Crippen LogP contribution in [0, 0.1) is 5.82 Å². The third-order valence-corrected chi connectivity index (χ3v) is 4.08. The molecule has 4 nitrogen and oxygen atoms in total. The van der Waals surface area contributed by atoms with Crippen molar-refractivity contribution >= 4 is 17.6 Å². The zero-order valence-electron chi connectivity index (χ0n) is 11.3. The molecule has 1 aliphatic carbocycles. The van der Waals surface area contributed by atoms with Crippen molar-refractivity contribution in [2.24, 2.45) is 0 Å². The van der Waals surface area contributed by atoms with Crippen LogP contribution in [0.3, 0.4) is 0 Å². The van der Waals surface area contributed by atoms with E-state index in [2.05, 4.69) is 5.10 Å². The number of halogens is 2. The van der Waals surface area contributed by atoms with Crippen LogP contribution in [0.1, 0.15) is 41.0 Å². The zero-order chi connectivity index (χ0) is 15.0. The van der Waals surface area contributed by atoms with E-state index in [1.54, 1.807) is 12.1 Å². The molecule has 1 aromatic heterocycles. The number of nitrogens with zero attached hydrogens (tertiary/aromatic N) is 2. The van der Waals surface area contributed by atoms with E-state index in [-0.39, 0.29) is 16.4 Å². The molecule has 0 unspecified atom stereocenters. The lowest BCUT2D eigenvalue weighted by Gasteiger charge is -2.09. The van der Waals surface area contributed by atoms with Crippen LogP contribution >= 0.6 is 11.6 Å².